The van der Waals surface area contributed by atoms with Gasteiger partial charge in [-0.05, 0) is 136 Å². The highest BCUT2D eigenvalue weighted by molar-refractivity contribution is 8.34. The van der Waals surface area contributed by atoms with Crippen molar-refractivity contribution in [3.05, 3.63) is 364 Å². The molecule has 0 N–H and O–H groups in total. The van der Waals surface area contributed by atoms with Crippen LogP contribution < -0.4 is 0 Å². The molecule has 4 heteroatoms. The molecular formula is C90H60N2OS. The second kappa shape index (κ2) is 22.8. The predicted molar refractivity (Wildman–Crippen MR) is 395 cm³/mol. The largest absolute Gasteiger partial charge is 0.455 e. The van der Waals surface area contributed by atoms with Gasteiger partial charge >= 0.3 is 0 Å². The molecule has 0 bridgehead atoms. The first-order valence-electron chi connectivity index (χ1n) is 32.2. The number of para-hydroxylation sites is 5. The van der Waals surface area contributed by atoms with E-state index >= 15 is 0 Å². The van der Waals surface area contributed by atoms with Crippen LogP contribution in [0.5, 0.6) is 0 Å². The van der Waals surface area contributed by atoms with E-state index in [0.717, 1.165) is 105 Å². The van der Waals surface area contributed by atoms with Crippen molar-refractivity contribution in [3.63, 3.8) is 0 Å². The lowest BCUT2D eigenvalue weighted by molar-refractivity contribution is 0.670. The van der Waals surface area contributed by atoms with Gasteiger partial charge in [0.15, 0.2) is 0 Å². The molecule has 0 aliphatic heterocycles. The van der Waals surface area contributed by atoms with Crippen LogP contribution in [0.1, 0.15) is 0 Å². The number of benzene rings is 15. The molecule has 0 saturated carbocycles. The van der Waals surface area contributed by atoms with Gasteiger partial charge in [0.2, 0.25) is 0 Å². The maximum absolute atomic E-state index is 6.74. The topological polar surface area (TPSA) is 23.0 Å². The fraction of sp³-hybridized carbons (Fsp3) is 0. The summed E-state index contributed by atoms with van der Waals surface area (Å²) >= 11 is 0. The molecular weight excluding hydrogens is 1160 g/mol. The molecule has 0 unspecified atom stereocenters. The summed E-state index contributed by atoms with van der Waals surface area (Å²) in [6.07, 6.45) is 0. The number of fused-ring (bicyclic) bond motifs is 9. The molecule has 18 aromatic rings. The highest BCUT2D eigenvalue weighted by atomic mass is 32.3. The van der Waals surface area contributed by atoms with Gasteiger partial charge in [0, 0.05) is 79.8 Å². The van der Waals surface area contributed by atoms with E-state index in [1.165, 1.54) is 58.0 Å². The minimum Gasteiger partial charge on any atom is -0.455 e. The standard InChI is InChI=1S/C90H60N2OS/c1-7-29-61(30-8-1)65-55-66(62-31-9-2-10-32-62)57-70(56-65)94(68-37-15-5-16-38-68,69-39-17-6-18-40-69)71-59-81(63-33-11-3-12-34-63)89(82(60-71)64-35-13-4-14-36-64)92-85-51-25-22-44-75(85)83-58-67(53-54-86(83)92)91-84-50-24-21-43-74(84)78-47-27-46-77(88(78)91)72-41-19-20-42-73(72)79-48-28-49-80-76-45-23-26-52-87(76)93-90(79)80/h1-60H. The Bertz CT molecular complexity index is 5730. The summed E-state index contributed by atoms with van der Waals surface area (Å²) in [5.74, 6) is 0. The normalized spacial score (nSPS) is 12.0. The number of hydrogen-bond acceptors (Lipinski definition) is 1. The number of hydrogen-bond donors (Lipinski definition) is 0. The minimum atomic E-state index is -2.35. The van der Waals surface area contributed by atoms with Gasteiger partial charge in [-0.2, -0.15) is 0 Å². The van der Waals surface area contributed by atoms with Crippen molar-refractivity contribution in [2.75, 3.05) is 0 Å². The van der Waals surface area contributed by atoms with E-state index in [0.29, 0.717) is 0 Å². The second-order valence-corrected chi connectivity index (χ2v) is 27.4. The average Bonchev–Trinajstić information content (AvgIpc) is 1.71. The van der Waals surface area contributed by atoms with Crippen molar-refractivity contribution in [2.24, 2.45) is 0 Å². The van der Waals surface area contributed by atoms with Crippen molar-refractivity contribution in [1.29, 1.82) is 0 Å². The lowest BCUT2D eigenvalue weighted by Crippen LogP contribution is -2.08. The Morgan fingerprint density at radius 1 is 0.223 bits per heavy atom. The molecule has 0 radical (unpaired) electrons. The Kier molecular flexibility index (Phi) is 13.3. The lowest BCUT2D eigenvalue weighted by Gasteiger charge is -2.43. The number of aromatic nitrogens is 2. The zero-order valence-electron chi connectivity index (χ0n) is 51.4. The van der Waals surface area contributed by atoms with Crippen LogP contribution in [0.2, 0.25) is 0 Å². The quantitative estimate of drug-likeness (QED) is 0.120. The van der Waals surface area contributed by atoms with Crippen molar-refractivity contribution in [3.8, 4) is 78.1 Å². The molecule has 3 aromatic heterocycles. The Balaban J connectivity index is 0.912. The van der Waals surface area contributed by atoms with Crippen LogP contribution in [0.3, 0.4) is 0 Å². The van der Waals surface area contributed by atoms with Crippen molar-refractivity contribution < 1.29 is 4.42 Å². The third kappa shape index (κ3) is 8.90. The van der Waals surface area contributed by atoms with Crippen molar-refractivity contribution in [1.82, 2.24) is 9.13 Å². The van der Waals surface area contributed by atoms with Gasteiger partial charge in [0.1, 0.15) is 11.2 Å². The van der Waals surface area contributed by atoms with Gasteiger partial charge in [-0.25, -0.2) is 0 Å². The van der Waals surface area contributed by atoms with Crippen LogP contribution in [0, 0.1) is 0 Å². The summed E-state index contributed by atoms with van der Waals surface area (Å²) in [6.45, 7) is 0. The summed E-state index contributed by atoms with van der Waals surface area (Å²) in [4.78, 5) is 4.99. The molecule has 0 saturated heterocycles. The van der Waals surface area contributed by atoms with Crippen LogP contribution in [0.15, 0.2) is 388 Å². The Labute approximate surface area is 547 Å². The maximum Gasteiger partial charge on any atom is 0.143 e. The minimum absolute atomic E-state index is 0.888. The average molecular weight is 1220 g/mol. The van der Waals surface area contributed by atoms with E-state index in [2.05, 4.69) is 367 Å². The Morgan fingerprint density at radius 3 is 1.22 bits per heavy atom. The van der Waals surface area contributed by atoms with Gasteiger partial charge < -0.3 is 13.6 Å². The van der Waals surface area contributed by atoms with Gasteiger partial charge in [-0.15, -0.1) is 10.0 Å². The lowest BCUT2D eigenvalue weighted by atomic mass is 9.92. The molecule has 15 aromatic carbocycles. The van der Waals surface area contributed by atoms with E-state index in [1.807, 2.05) is 6.07 Å². The SMILES string of the molecule is c1ccc(-c2cc(-c3ccccc3)cc(S(c3ccccc3)(c3ccccc3)c3cc(-c4ccccc4)c(-n4c5ccccc5c5cc(-n6c7ccccc7c7cccc(-c8ccccc8-c8cccc9c8oc8ccccc89)c76)ccc54)c(-c4ccccc4)c3)c2)cc1. The van der Waals surface area contributed by atoms with Gasteiger partial charge in [-0.1, -0.05) is 273 Å². The first-order chi connectivity index (χ1) is 46.7. The van der Waals surface area contributed by atoms with Crippen molar-refractivity contribution >= 4 is 75.6 Å². The third-order valence-corrected chi connectivity index (χ3v) is 22.9. The fourth-order valence-corrected chi connectivity index (χ4v) is 18.9. The summed E-state index contributed by atoms with van der Waals surface area (Å²) < 4.78 is 11.8. The first-order valence-corrected chi connectivity index (χ1v) is 33.8. The van der Waals surface area contributed by atoms with Crippen LogP contribution in [-0.2, 0) is 0 Å². The molecule has 0 fully saturated rings. The molecule has 18 rings (SSSR count). The summed E-state index contributed by atoms with van der Waals surface area (Å²) in [7, 11) is -2.35. The molecule has 0 aliphatic carbocycles. The van der Waals surface area contributed by atoms with Crippen LogP contribution in [-0.4, -0.2) is 9.13 Å². The highest BCUT2D eigenvalue weighted by Gasteiger charge is 2.37. The number of nitrogens with zero attached hydrogens (tertiary/aromatic N) is 2. The summed E-state index contributed by atoms with van der Waals surface area (Å²) in [5, 5.41) is 6.96. The van der Waals surface area contributed by atoms with Crippen molar-refractivity contribution in [2.45, 2.75) is 19.6 Å². The second-order valence-electron chi connectivity index (χ2n) is 24.3. The smallest absolute Gasteiger partial charge is 0.143 e. The van der Waals surface area contributed by atoms with Gasteiger partial charge in [-0.3, -0.25) is 0 Å². The molecule has 0 spiro atoms. The van der Waals surface area contributed by atoms with E-state index < -0.39 is 10.0 Å². The monoisotopic (exact) mass is 1220 g/mol. The highest BCUT2D eigenvalue weighted by Crippen LogP contribution is 2.75. The van der Waals surface area contributed by atoms with Gasteiger partial charge in [0.25, 0.3) is 0 Å². The molecule has 3 nitrogen and oxygen atoms in total. The predicted octanol–water partition coefficient (Wildman–Crippen LogP) is 25.1. The molecule has 94 heavy (non-hydrogen) atoms. The molecule has 0 aliphatic rings. The van der Waals surface area contributed by atoms with E-state index in [1.54, 1.807) is 0 Å². The van der Waals surface area contributed by atoms with E-state index in [-0.39, 0.29) is 0 Å². The van der Waals surface area contributed by atoms with Crippen LogP contribution >= 0.6 is 10.0 Å². The zero-order valence-corrected chi connectivity index (χ0v) is 52.2. The summed E-state index contributed by atoms with van der Waals surface area (Å²) in [6, 6.07) is 135. The number of rotatable bonds is 12. The summed E-state index contributed by atoms with van der Waals surface area (Å²) in [5.41, 5.74) is 22.2. The van der Waals surface area contributed by atoms with Crippen LogP contribution in [0.25, 0.3) is 144 Å². The van der Waals surface area contributed by atoms with E-state index in [9.17, 15) is 0 Å². The van der Waals surface area contributed by atoms with E-state index in [4.69, 9.17) is 4.42 Å². The number of furan rings is 1. The Hall–Kier alpha value is -12.0. The molecule has 0 amide bonds. The Morgan fingerprint density at radius 2 is 0.638 bits per heavy atom. The molecule has 0 atom stereocenters. The van der Waals surface area contributed by atoms with Gasteiger partial charge in [0.05, 0.1) is 27.8 Å². The first kappa shape index (κ1) is 54.9. The maximum atomic E-state index is 6.74. The molecule has 3 heterocycles. The fourth-order valence-electron chi connectivity index (χ4n) is 14.9. The third-order valence-electron chi connectivity index (χ3n) is 19.0. The van der Waals surface area contributed by atoms with Crippen LogP contribution in [0.4, 0.5) is 0 Å². The molecule has 442 valence electrons. The zero-order chi connectivity index (χ0) is 62.1.